The Morgan fingerprint density at radius 3 is 3.05 bits per heavy atom. The van der Waals surface area contributed by atoms with E-state index in [2.05, 4.69) is 15.6 Å². The molecule has 1 aromatic heterocycles. The van der Waals surface area contributed by atoms with Gasteiger partial charge in [0.1, 0.15) is 11.3 Å². The van der Waals surface area contributed by atoms with Gasteiger partial charge in [0.2, 0.25) is 0 Å². The summed E-state index contributed by atoms with van der Waals surface area (Å²) in [6.45, 7) is 2.74. The fourth-order valence-electron chi connectivity index (χ4n) is 2.81. The summed E-state index contributed by atoms with van der Waals surface area (Å²) < 4.78 is 7.71. The number of halogens is 2. The lowest BCUT2D eigenvalue weighted by Crippen LogP contribution is -2.09. The van der Waals surface area contributed by atoms with Crippen LogP contribution in [0.3, 0.4) is 0 Å². The average molecular weight is 313 g/mol. The smallest absolute Gasteiger partial charge is 0.111 e. The second kappa shape index (κ2) is 6.33. The molecule has 1 fully saturated rings. The summed E-state index contributed by atoms with van der Waals surface area (Å²) in [6.07, 6.45) is 3.05. The van der Waals surface area contributed by atoms with Gasteiger partial charge in [0.25, 0.3) is 0 Å². The maximum absolute atomic E-state index is 6.24. The van der Waals surface area contributed by atoms with E-state index >= 15 is 0 Å². The zero-order valence-electron chi connectivity index (χ0n) is 11.3. The van der Waals surface area contributed by atoms with Crippen LogP contribution in [0, 0.1) is 5.92 Å². The molecule has 3 rings (SSSR count). The minimum absolute atomic E-state index is 0.577. The van der Waals surface area contributed by atoms with Crippen molar-refractivity contribution in [2.45, 2.75) is 25.8 Å². The second-order valence-electron chi connectivity index (χ2n) is 5.24. The highest BCUT2D eigenvalue weighted by Crippen LogP contribution is 2.26. The van der Waals surface area contributed by atoms with E-state index in [-0.39, 0.29) is 0 Å². The number of imidazole rings is 1. The number of aromatic nitrogens is 2. The molecule has 0 bridgehead atoms. The number of fused-ring (bicyclic) bond motifs is 1. The lowest BCUT2D eigenvalue weighted by Gasteiger charge is -2.11. The number of ether oxygens (including phenoxy) is 1. The van der Waals surface area contributed by atoms with Crippen LogP contribution in [0.1, 0.15) is 18.7 Å². The van der Waals surface area contributed by atoms with Crippen LogP contribution in [0.15, 0.2) is 18.2 Å². The molecule has 0 N–H and O–H groups in total. The summed E-state index contributed by atoms with van der Waals surface area (Å²) in [5, 5.41) is 0.710. The van der Waals surface area contributed by atoms with Crippen molar-refractivity contribution < 1.29 is 4.74 Å². The first kappa shape index (κ1) is 14.2. The maximum Gasteiger partial charge on any atom is 0.111 e. The third-order valence-corrected chi connectivity index (χ3v) is 4.41. The van der Waals surface area contributed by atoms with Crippen LogP contribution in [-0.4, -0.2) is 28.6 Å². The standard InChI is InChI=1S/C15H18Cl2N2O/c16-7-4-14-18-15-12(17)2-1-3-13(15)19(14)8-5-11-6-9-20-10-11/h1-3,11H,4-10H2. The monoisotopic (exact) mass is 312 g/mol. The van der Waals surface area contributed by atoms with Gasteiger partial charge in [-0.15, -0.1) is 11.6 Å². The molecule has 2 heterocycles. The summed E-state index contributed by atoms with van der Waals surface area (Å²) in [5.74, 6) is 2.27. The highest BCUT2D eigenvalue weighted by Gasteiger charge is 2.18. The lowest BCUT2D eigenvalue weighted by molar-refractivity contribution is 0.183. The van der Waals surface area contributed by atoms with Crippen LogP contribution in [0.25, 0.3) is 11.0 Å². The van der Waals surface area contributed by atoms with Crippen molar-refractivity contribution >= 4 is 34.2 Å². The van der Waals surface area contributed by atoms with Crippen molar-refractivity contribution in [3.63, 3.8) is 0 Å². The molecule has 1 atom stereocenters. The molecule has 5 heteroatoms. The van der Waals surface area contributed by atoms with Crippen molar-refractivity contribution in [1.29, 1.82) is 0 Å². The van der Waals surface area contributed by atoms with Crippen LogP contribution in [0.5, 0.6) is 0 Å². The van der Waals surface area contributed by atoms with Gasteiger partial charge in [-0.1, -0.05) is 17.7 Å². The van der Waals surface area contributed by atoms with Gasteiger partial charge >= 0.3 is 0 Å². The summed E-state index contributed by atoms with van der Waals surface area (Å²) in [4.78, 5) is 4.66. The Morgan fingerprint density at radius 2 is 2.30 bits per heavy atom. The topological polar surface area (TPSA) is 27.1 Å². The molecule has 3 nitrogen and oxygen atoms in total. The lowest BCUT2D eigenvalue weighted by atomic mass is 10.1. The Bertz CT molecular complexity index is 591. The number of aryl methyl sites for hydroxylation is 2. The molecule has 1 unspecified atom stereocenters. The number of hydrogen-bond donors (Lipinski definition) is 0. The molecule has 1 aliphatic rings. The molecule has 1 saturated heterocycles. The van der Waals surface area contributed by atoms with Crippen LogP contribution in [-0.2, 0) is 17.7 Å². The third-order valence-electron chi connectivity index (χ3n) is 3.91. The first-order valence-electron chi connectivity index (χ1n) is 7.07. The molecule has 20 heavy (non-hydrogen) atoms. The quantitative estimate of drug-likeness (QED) is 0.783. The van der Waals surface area contributed by atoms with Gasteiger partial charge in [-0.05, 0) is 30.9 Å². The molecule has 0 saturated carbocycles. The highest BCUT2D eigenvalue weighted by molar-refractivity contribution is 6.34. The molecule has 108 valence electrons. The van der Waals surface area contributed by atoms with E-state index in [1.807, 2.05) is 12.1 Å². The van der Waals surface area contributed by atoms with Gasteiger partial charge < -0.3 is 9.30 Å². The van der Waals surface area contributed by atoms with E-state index in [0.717, 1.165) is 55.9 Å². The zero-order valence-corrected chi connectivity index (χ0v) is 12.8. The fourth-order valence-corrected chi connectivity index (χ4v) is 3.19. The van der Waals surface area contributed by atoms with E-state index < -0.39 is 0 Å². The summed E-state index contributed by atoms with van der Waals surface area (Å²) in [7, 11) is 0. The SMILES string of the molecule is ClCCc1nc2c(Cl)cccc2n1CCC1CCOC1. The first-order valence-corrected chi connectivity index (χ1v) is 7.98. The Labute approximate surface area is 128 Å². The fraction of sp³-hybridized carbons (Fsp3) is 0.533. The molecular formula is C15H18Cl2N2O. The Morgan fingerprint density at radius 1 is 1.40 bits per heavy atom. The normalized spacial score (nSPS) is 19.0. The molecule has 0 radical (unpaired) electrons. The van der Waals surface area contributed by atoms with Crippen molar-refractivity contribution in [2.75, 3.05) is 19.1 Å². The van der Waals surface area contributed by atoms with Crippen LogP contribution >= 0.6 is 23.2 Å². The molecule has 0 spiro atoms. The minimum Gasteiger partial charge on any atom is -0.381 e. The van der Waals surface area contributed by atoms with Crippen LogP contribution in [0.4, 0.5) is 0 Å². The van der Waals surface area contributed by atoms with E-state index in [4.69, 9.17) is 27.9 Å². The summed E-state index contributed by atoms with van der Waals surface area (Å²) >= 11 is 12.1. The summed E-state index contributed by atoms with van der Waals surface area (Å²) in [5.41, 5.74) is 1.99. The van der Waals surface area contributed by atoms with E-state index in [1.54, 1.807) is 0 Å². The number of alkyl halides is 1. The molecule has 1 aliphatic heterocycles. The van der Waals surface area contributed by atoms with Gasteiger partial charge in [-0.25, -0.2) is 4.98 Å². The number of para-hydroxylation sites is 1. The largest absolute Gasteiger partial charge is 0.381 e. The maximum atomic E-state index is 6.24. The number of hydrogen-bond acceptors (Lipinski definition) is 2. The molecule has 1 aromatic carbocycles. The predicted molar refractivity (Wildman–Crippen MR) is 82.7 cm³/mol. The Hall–Kier alpha value is -0.770. The Kier molecular flexibility index (Phi) is 4.49. The van der Waals surface area contributed by atoms with Gasteiger partial charge in [-0.3, -0.25) is 0 Å². The van der Waals surface area contributed by atoms with Crippen molar-refractivity contribution in [1.82, 2.24) is 9.55 Å². The first-order chi connectivity index (χ1) is 9.79. The number of nitrogens with zero attached hydrogens (tertiary/aromatic N) is 2. The predicted octanol–water partition coefficient (Wildman–Crippen LogP) is 3.90. The van der Waals surface area contributed by atoms with Gasteiger partial charge in [0, 0.05) is 32.1 Å². The molecule has 0 amide bonds. The van der Waals surface area contributed by atoms with E-state index in [0.29, 0.717) is 16.8 Å². The van der Waals surface area contributed by atoms with Crippen molar-refractivity contribution in [3.05, 3.63) is 29.0 Å². The van der Waals surface area contributed by atoms with Crippen LogP contribution < -0.4 is 0 Å². The van der Waals surface area contributed by atoms with Crippen molar-refractivity contribution in [2.24, 2.45) is 5.92 Å². The van der Waals surface area contributed by atoms with Gasteiger partial charge in [-0.2, -0.15) is 0 Å². The van der Waals surface area contributed by atoms with Crippen molar-refractivity contribution in [3.8, 4) is 0 Å². The van der Waals surface area contributed by atoms with E-state index in [9.17, 15) is 0 Å². The molecule has 2 aromatic rings. The zero-order chi connectivity index (χ0) is 13.9. The number of rotatable bonds is 5. The van der Waals surface area contributed by atoms with E-state index in [1.165, 1.54) is 0 Å². The number of benzene rings is 1. The summed E-state index contributed by atoms with van der Waals surface area (Å²) in [6, 6.07) is 5.94. The Balaban J connectivity index is 1.89. The molecule has 0 aliphatic carbocycles. The second-order valence-corrected chi connectivity index (χ2v) is 6.03. The van der Waals surface area contributed by atoms with Crippen LogP contribution in [0.2, 0.25) is 5.02 Å². The van der Waals surface area contributed by atoms with Gasteiger partial charge in [0.15, 0.2) is 0 Å². The minimum atomic E-state index is 0.577. The average Bonchev–Trinajstić information content (AvgIpc) is 3.05. The molecular weight excluding hydrogens is 295 g/mol. The third kappa shape index (κ3) is 2.80. The van der Waals surface area contributed by atoms with Gasteiger partial charge in [0.05, 0.1) is 10.5 Å². The highest BCUT2D eigenvalue weighted by atomic mass is 35.5.